The Bertz CT molecular complexity index is 706. The minimum Gasteiger partial charge on any atom is -0.459 e. The van der Waals surface area contributed by atoms with Crippen LogP contribution in [0.2, 0.25) is 0 Å². The first-order valence-corrected chi connectivity index (χ1v) is 8.03. The van der Waals surface area contributed by atoms with E-state index in [1.165, 1.54) is 11.3 Å². The molecule has 2 aromatic heterocycles. The fraction of sp³-hybridized carbons (Fsp3) is 0.400. The van der Waals surface area contributed by atoms with Crippen LogP contribution in [-0.2, 0) is 4.79 Å². The number of amides is 2. The number of thiazole rings is 1. The summed E-state index contributed by atoms with van der Waals surface area (Å²) in [6, 6.07) is 3.70. The maximum atomic E-state index is 12.5. The van der Waals surface area contributed by atoms with Crippen LogP contribution in [-0.4, -0.2) is 34.8 Å². The minimum absolute atomic E-state index is 0.156. The van der Waals surface area contributed by atoms with Crippen molar-refractivity contribution in [3.63, 3.8) is 0 Å². The van der Waals surface area contributed by atoms with Gasteiger partial charge in [-0.25, -0.2) is 4.98 Å². The van der Waals surface area contributed by atoms with Gasteiger partial charge < -0.3 is 15.1 Å². The molecule has 2 aromatic rings. The van der Waals surface area contributed by atoms with E-state index >= 15 is 0 Å². The first kappa shape index (κ1) is 14.8. The molecule has 0 aromatic carbocycles. The van der Waals surface area contributed by atoms with Crippen LogP contribution < -0.4 is 5.73 Å². The summed E-state index contributed by atoms with van der Waals surface area (Å²) in [6.07, 6.45) is 1.53. The molecule has 0 aliphatic carbocycles. The van der Waals surface area contributed by atoms with Gasteiger partial charge in [0.05, 0.1) is 5.92 Å². The van der Waals surface area contributed by atoms with Gasteiger partial charge in [-0.2, -0.15) is 0 Å². The summed E-state index contributed by atoms with van der Waals surface area (Å²) in [4.78, 5) is 29.8. The number of hydrogen-bond donors (Lipinski definition) is 1. The van der Waals surface area contributed by atoms with Gasteiger partial charge >= 0.3 is 0 Å². The first-order valence-electron chi connectivity index (χ1n) is 7.15. The summed E-state index contributed by atoms with van der Waals surface area (Å²) >= 11 is 1.37. The van der Waals surface area contributed by atoms with E-state index in [9.17, 15) is 9.59 Å². The fourth-order valence-electron chi connectivity index (χ4n) is 2.59. The summed E-state index contributed by atoms with van der Waals surface area (Å²) in [5, 5.41) is 2.41. The number of piperidine rings is 1. The van der Waals surface area contributed by atoms with Crippen LogP contribution in [0.5, 0.6) is 0 Å². The Labute approximate surface area is 131 Å². The molecule has 3 heterocycles. The van der Waals surface area contributed by atoms with Gasteiger partial charge in [-0.15, -0.1) is 11.3 Å². The van der Waals surface area contributed by atoms with Gasteiger partial charge in [0, 0.05) is 18.5 Å². The van der Waals surface area contributed by atoms with Gasteiger partial charge in [-0.3, -0.25) is 9.59 Å². The third-order valence-electron chi connectivity index (χ3n) is 3.79. The molecule has 0 unspecified atom stereocenters. The Morgan fingerprint density at radius 3 is 2.95 bits per heavy atom. The summed E-state index contributed by atoms with van der Waals surface area (Å²) in [5.74, 6) is 0.705. The van der Waals surface area contributed by atoms with E-state index in [1.807, 2.05) is 19.1 Å². The zero-order valence-corrected chi connectivity index (χ0v) is 13.1. The quantitative estimate of drug-likeness (QED) is 0.937. The second-order valence-corrected chi connectivity index (χ2v) is 6.30. The molecule has 3 rings (SSSR count). The molecule has 1 fully saturated rings. The number of nitrogens with zero attached hydrogens (tertiary/aromatic N) is 2. The van der Waals surface area contributed by atoms with Crippen molar-refractivity contribution in [3.05, 3.63) is 29.0 Å². The molecular weight excluding hydrogens is 302 g/mol. The zero-order valence-electron chi connectivity index (χ0n) is 12.2. The SMILES string of the molecule is Cc1ccc(-c2nc(C(=O)N3CCC[C@@H](C(N)=O)C3)cs2)o1. The number of nitrogens with two attached hydrogens (primary N) is 1. The van der Waals surface area contributed by atoms with Crippen LogP contribution in [0.1, 0.15) is 29.1 Å². The van der Waals surface area contributed by atoms with Crippen molar-refractivity contribution < 1.29 is 14.0 Å². The Balaban J connectivity index is 1.75. The number of aromatic nitrogens is 1. The standard InChI is InChI=1S/C15H17N3O3S/c1-9-4-5-12(21-9)14-17-11(8-22-14)15(20)18-6-2-3-10(7-18)13(16)19/h4-5,8,10H,2-3,6-7H2,1H3,(H2,16,19)/t10-/m1/s1. The van der Waals surface area contributed by atoms with E-state index in [4.69, 9.17) is 10.2 Å². The van der Waals surface area contributed by atoms with Crippen molar-refractivity contribution >= 4 is 23.2 Å². The number of carbonyl (C=O) groups is 2. The second kappa shape index (κ2) is 5.92. The van der Waals surface area contributed by atoms with Crippen molar-refractivity contribution in [3.8, 4) is 10.8 Å². The summed E-state index contributed by atoms with van der Waals surface area (Å²) < 4.78 is 5.52. The molecule has 0 radical (unpaired) electrons. The average Bonchev–Trinajstić information content (AvgIpc) is 3.15. The van der Waals surface area contributed by atoms with Crippen molar-refractivity contribution in [2.75, 3.05) is 13.1 Å². The summed E-state index contributed by atoms with van der Waals surface area (Å²) in [7, 11) is 0. The maximum Gasteiger partial charge on any atom is 0.273 e. The van der Waals surface area contributed by atoms with Crippen LogP contribution in [0.15, 0.2) is 21.9 Å². The molecule has 0 saturated carbocycles. The van der Waals surface area contributed by atoms with Crippen molar-refractivity contribution in [2.45, 2.75) is 19.8 Å². The van der Waals surface area contributed by atoms with Crippen LogP contribution in [0.25, 0.3) is 10.8 Å². The molecule has 7 heteroatoms. The Kier molecular flexibility index (Phi) is 3.98. The molecule has 6 nitrogen and oxygen atoms in total. The second-order valence-electron chi connectivity index (χ2n) is 5.44. The van der Waals surface area contributed by atoms with Gasteiger partial charge in [-0.1, -0.05) is 0 Å². The molecular formula is C15H17N3O3S. The molecule has 1 saturated heterocycles. The molecule has 1 aliphatic heterocycles. The number of likely N-dealkylation sites (tertiary alicyclic amines) is 1. The topological polar surface area (TPSA) is 89.4 Å². The molecule has 1 atom stereocenters. The third-order valence-corrected chi connectivity index (χ3v) is 4.64. The van der Waals surface area contributed by atoms with E-state index in [0.29, 0.717) is 29.6 Å². The van der Waals surface area contributed by atoms with Gasteiger partial charge in [0.2, 0.25) is 5.91 Å². The van der Waals surface area contributed by atoms with Crippen LogP contribution in [0.3, 0.4) is 0 Å². The lowest BCUT2D eigenvalue weighted by atomic mass is 9.97. The number of aryl methyl sites for hydroxylation is 1. The predicted molar refractivity (Wildman–Crippen MR) is 82.4 cm³/mol. The highest BCUT2D eigenvalue weighted by molar-refractivity contribution is 7.13. The first-order chi connectivity index (χ1) is 10.5. The lowest BCUT2D eigenvalue weighted by molar-refractivity contribution is -0.123. The number of carbonyl (C=O) groups excluding carboxylic acids is 2. The van der Waals surface area contributed by atoms with Crippen LogP contribution in [0, 0.1) is 12.8 Å². The highest BCUT2D eigenvalue weighted by Crippen LogP contribution is 2.27. The molecule has 2 amide bonds. The number of furan rings is 1. The van der Waals surface area contributed by atoms with Gasteiger partial charge in [0.25, 0.3) is 5.91 Å². The fourth-order valence-corrected chi connectivity index (χ4v) is 3.34. The lowest BCUT2D eigenvalue weighted by Gasteiger charge is -2.30. The zero-order chi connectivity index (χ0) is 15.7. The van der Waals surface area contributed by atoms with Crippen LogP contribution in [0.4, 0.5) is 0 Å². The van der Waals surface area contributed by atoms with E-state index in [0.717, 1.165) is 18.6 Å². The average molecular weight is 319 g/mol. The van der Waals surface area contributed by atoms with E-state index in [-0.39, 0.29) is 17.7 Å². The van der Waals surface area contributed by atoms with E-state index < -0.39 is 0 Å². The predicted octanol–water partition coefficient (Wildman–Crippen LogP) is 2.05. The number of primary amides is 1. The Morgan fingerprint density at radius 2 is 2.27 bits per heavy atom. The normalized spacial score (nSPS) is 18.4. The monoisotopic (exact) mass is 319 g/mol. The number of rotatable bonds is 3. The Morgan fingerprint density at radius 1 is 1.45 bits per heavy atom. The smallest absolute Gasteiger partial charge is 0.273 e. The number of hydrogen-bond acceptors (Lipinski definition) is 5. The largest absolute Gasteiger partial charge is 0.459 e. The molecule has 0 spiro atoms. The van der Waals surface area contributed by atoms with Gasteiger partial charge in [0.1, 0.15) is 11.5 Å². The van der Waals surface area contributed by atoms with Crippen molar-refractivity contribution in [1.82, 2.24) is 9.88 Å². The molecule has 22 heavy (non-hydrogen) atoms. The van der Waals surface area contributed by atoms with E-state index in [2.05, 4.69) is 4.98 Å². The molecule has 116 valence electrons. The molecule has 2 N–H and O–H groups in total. The third kappa shape index (κ3) is 2.89. The Hall–Kier alpha value is -2.15. The summed E-state index contributed by atoms with van der Waals surface area (Å²) in [5.41, 5.74) is 5.74. The molecule has 0 bridgehead atoms. The maximum absolute atomic E-state index is 12.5. The van der Waals surface area contributed by atoms with Gasteiger partial charge in [-0.05, 0) is 31.9 Å². The van der Waals surface area contributed by atoms with Crippen molar-refractivity contribution in [1.29, 1.82) is 0 Å². The van der Waals surface area contributed by atoms with Gasteiger partial charge in [0.15, 0.2) is 10.8 Å². The highest BCUT2D eigenvalue weighted by atomic mass is 32.1. The highest BCUT2D eigenvalue weighted by Gasteiger charge is 2.28. The minimum atomic E-state index is -0.345. The molecule has 1 aliphatic rings. The van der Waals surface area contributed by atoms with Crippen LogP contribution >= 0.6 is 11.3 Å². The van der Waals surface area contributed by atoms with E-state index in [1.54, 1.807) is 10.3 Å². The lowest BCUT2D eigenvalue weighted by Crippen LogP contribution is -2.44. The van der Waals surface area contributed by atoms with Crippen molar-refractivity contribution in [2.24, 2.45) is 11.7 Å². The summed E-state index contributed by atoms with van der Waals surface area (Å²) in [6.45, 7) is 2.87.